The van der Waals surface area contributed by atoms with E-state index in [-0.39, 0.29) is 35.2 Å². The average molecular weight is 453 g/mol. The molecule has 2 atom stereocenters. The second-order valence-corrected chi connectivity index (χ2v) is 6.76. The van der Waals surface area contributed by atoms with Crippen LogP contribution in [0.1, 0.15) is 12.8 Å². The van der Waals surface area contributed by atoms with Crippen LogP contribution in [0.3, 0.4) is 0 Å². The van der Waals surface area contributed by atoms with Crippen molar-refractivity contribution in [1.29, 1.82) is 0 Å². The minimum atomic E-state index is -4.84. The third kappa shape index (κ3) is 6.22. The van der Waals surface area contributed by atoms with Crippen molar-refractivity contribution < 1.29 is 27.1 Å². The Morgan fingerprint density at radius 3 is 2.55 bits per heavy atom. The van der Waals surface area contributed by atoms with Gasteiger partial charge in [-0.15, -0.1) is 25.6 Å². The number of benzene rings is 2. The molecular weight excluding hydrogens is 435 g/mol. The standard InChI is InChI=1S/C19H17ClF4N2O2.ClH/c20-15-10-12(26-18(27)16-9-11(21)7-8-25-16)5-6-13(15)14-3-1-2-4-17(14)28-19(22,23)24;/h1-6,10-11,16,25H,7-9H2,(H,26,27);1H. The highest BCUT2D eigenvalue weighted by Gasteiger charge is 2.32. The van der Waals surface area contributed by atoms with Gasteiger partial charge in [-0.3, -0.25) is 4.79 Å². The van der Waals surface area contributed by atoms with Crippen molar-refractivity contribution in [3.63, 3.8) is 0 Å². The first kappa shape index (κ1) is 23.3. The molecule has 158 valence electrons. The molecule has 10 heteroatoms. The molecule has 1 saturated heterocycles. The number of hydrogen-bond acceptors (Lipinski definition) is 3. The summed E-state index contributed by atoms with van der Waals surface area (Å²) in [5, 5.41) is 5.72. The van der Waals surface area contributed by atoms with Crippen LogP contribution in [-0.2, 0) is 4.79 Å². The van der Waals surface area contributed by atoms with Crippen molar-refractivity contribution in [2.45, 2.75) is 31.4 Å². The number of para-hydroxylation sites is 1. The van der Waals surface area contributed by atoms with Gasteiger partial charge in [0.1, 0.15) is 11.9 Å². The van der Waals surface area contributed by atoms with Gasteiger partial charge < -0.3 is 15.4 Å². The van der Waals surface area contributed by atoms with Crippen LogP contribution in [-0.4, -0.2) is 31.0 Å². The minimum absolute atomic E-state index is 0. The SMILES string of the molecule is Cl.O=C(Nc1ccc(-c2ccccc2OC(F)(F)F)c(Cl)c1)C1CC(F)CCN1. The van der Waals surface area contributed by atoms with Gasteiger partial charge in [0.2, 0.25) is 5.91 Å². The third-order valence-electron chi connectivity index (χ3n) is 4.30. The lowest BCUT2D eigenvalue weighted by atomic mass is 10.0. The molecule has 2 aromatic rings. The molecule has 1 aliphatic rings. The molecule has 29 heavy (non-hydrogen) atoms. The quantitative estimate of drug-likeness (QED) is 0.614. The normalized spacial score (nSPS) is 19.2. The lowest BCUT2D eigenvalue weighted by Gasteiger charge is -2.25. The van der Waals surface area contributed by atoms with E-state index in [4.69, 9.17) is 11.6 Å². The Balaban J connectivity index is 0.00000300. The monoisotopic (exact) mass is 452 g/mol. The fraction of sp³-hybridized carbons (Fsp3) is 0.316. The molecule has 1 fully saturated rings. The van der Waals surface area contributed by atoms with Crippen molar-refractivity contribution in [3.05, 3.63) is 47.5 Å². The van der Waals surface area contributed by atoms with Crippen molar-refractivity contribution in [2.75, 3.05) is 11.9 Å². The van der Waals surface area contributed by atoms with Gasteiger partial charge in [-0.2, -0.15) is 0 Å². The zero-order valence-electron chi connectivity index (χ0n) is 14.9. The molecule has 0 spiro atoms. The van der Waals surface area contributed by atoms with E-state index in [0.717, 1.165) is 0 Å². The van der Waals surface area contributed by atoms with Crippen LogP contribution in [0, 0.1) is 0 Å². The van der Waals surface area contributed by atoms with Gasteiger partial charge in [0, 0.05) is 23.2 Å². The summed E-state index contributed by atoms with van der Waals surface area (Å²) in [7, 11) is 0. The number of carbonyl (C=O) groups is 1. The molecule has 0 aromatic heterocycles. The number of nitrogens with one attached hydrogen (secondary N) is 2. The molecule has 0 bridgehead atoms. The predicted molar refractivity (Wildman–Crippen MR) is 105 cm³/mol. The van der Waals surface area contributed by atoms with Gasteiger partial charge in [-0.25, -0.2) is 4.39 Å². The maximum absolute atomic E-state index is 13.5. The van der Waals surface area contributed by atoms with Crippen LogP contribution in [0.4, 0.5) is 23.2 Å². The molecule has 2 unspecified atom stereocenters. The summed E-state index contributed by atoms with van der Waals surface area (Å²) in [5.41, 5.74) is 0.840. The lowest BCUT2D eigenvalue weighted by molar-refractivity contribution is -0.274. The Hall–Kier alpha value is -2.03. The first-order valence-corrected chi connectivity index (χ1v) is 8.94. The topological polar surface area (TPSA) is 50.4 Å². The largest absolute Gasteiger partial charge is 0.573 e. The van der Waals surface area contributed by atoms with Crippen molar-refractivity contribution in [3.8, 4) is 16.9 Å². The Kier molecular flexibility index (Phi) is 7.73. The molecule has 0 radical (unpaired) electrons. The summed E-state index contributed by atoms with van der Waals surface area (Å²) < 4.78 is 55.4. The number of amides is 1. The molecular formula is C19H18Cl2F4N2O2. The van der Waals surface area contributed by atoms with E-state index in [0.29, 0.717) is 24.2 Å². The maximum Gasteiger partial charge on any atom is 0.573 e. The van der Waals surface area contributed by atoms with E-state index in [1.807, 2.05) is 0 Å². The minimum Gasteiger partial charge on any atom is -0.405 e. The summed E-state index contributed by atoms with van der Waals surface area (Å²) >= 11 is 6.24. The van der Waals surface area contributed by atoms with E-state index < -0.39 is 24.5 Å². The van der Waals surface area contributed by atoms with Crippen LogP contribution < -0.4 is 15.4 Å². The van der Waals surface area contributed by atoms with Gasteiger partial charge in [-0.1, -0.05) is 35.9 Å². The van der Waals surface area contributed by atoms with Gasteiger partial charge >= 0.3 is 6.36 Å². The van der Waals surface area contributed by atoms with E-state index in [1.165, 1.54) is 36.4 Å². The van der Waals surface area contributed by atoms with E-state index >= 15 is 0 Å². The molecule has 1 heterocycles. The van der Waals surface area contributed by atoms with E-state index in [2.05, 4.69) is 15.4 Å². The third-order valence-corrected chi connectivity index (χ3v) is 4.61. The van der Waals surface area contributed by atoms with E-state index in [1.54, 1.807) is 6.07 Å². The fourth-order valence-electron chi connectivity index (χ4n) is 3.01. The number of carbonyl (C=O) groups excluding carboxylic acids is 1. The highest BCUT2D eigenvalue weighted by atomic mass is 35.5. The molecule has 3 rings (SSSR count). The number of hydrogen-bond donors (Lipinski definition) is 2. The first-order chi connectivity index (χ1) is 13.2. The summed E-state index contributed by atoms with van der Waals surface area (Å²) in [5.74, 6) is -0.777. The Morgan fingerprint density at radius 1 is 1.17 bits per heavy atom. The molecule has 1 amide bonds. The summed E-state index contributed by atoms with van der Waals surface area (Å²) in [6.07, 6.45) is -5.42. The molecule has 0 aliphatic carbocycles. The number of ether oxygens (including phenoxy) is 1. The molecule has 0 saturated carbocycles. The number of alkyl halides is 4. The van der Waals surface area contributed by atoms with Crippen LogP contribution in [0.5, 0.6) is 5.75 Å². The second-order valence-electron chi connectivity index (χ2n) is 6.36. The van der Waals surface area contributed by atoms with Crippen molar-refractivity contribution >= 4 is 35.6 Å². The molecule has 2 aromatic carbocycles. The molecule has 1 aliphatic heterocycles. The van der Waals surface area contributed by atoms with Gasteiger partial charge in [-0.05, 0) is 31.2 Å². The van der Waals surface area contributed by atoms with Crippen LogP contribution >= 0.6 is 24.0 Å². The fourth-order valence-corrected chi connectivity index (χ4v) is 3.30. The molecule has 2 N–H and O–H groups in total. The van der Waals surface area contributed by atoms with Gasteiger partial charge in [0.25, 0.3) is 0 Å². The van der Waals surface area contributed by atoms with Crippen LogP contribution in [0.15, 0.2) is 42.5 Å². The number of halogens is 6. The highest BCUT2D eigenvalue weighted by Crippen LogP contribution is 2.38. The van der Waals surface area contributed by atoms with Crippen LogP contribution in [0.2, 0.25) is 5.02 Å². The second kappa shape index (κ2) is 9.65. The summed E-state index contributed by atoms with van der Waals surface area (Å²) in [4.78, 5) is 12.3. The van der Waals surface area contributed by atoms with Crippen molar-refractivity contribution in [2.24, 2.45) is 0 Å². The summed E-state index contributed by atoms with van der Waals surface area (Å²) in [6, 6.07) is 9.40. The Bertz CT molecular complexity index is 864. The van der Waals surface area contributed by atoms with Crippen molar-refractivity contribution in [1.82, 2.24) is 5.32 Å². The Morgan fingerprint density at radius 2 is 1.90 bits per heavy atom. The van der Waals surface area contributed by atoms with Gasteiger partial charge in [0.05, 0.1) is 11.1 Å². The van der Waals surface area contributed by atoms with Gasteiger partial charge in [0.15, 0.2) is 0 Å². The maximum atomic E-state index is 13.5. The Labute approximate surface area is 176 Å². The average Bonchev–Trinajstić information content (AvgIpc) is 2.61. The first-order valence-electron chi connectivity index (χ1n) is 8.56. The smallest absolute Gasteiger partial charge is 0.405 e. The molecule has 4 nitrogen and oxygen atoms in total. The zero-order chi connectivity index (χ0) is 20.3. The predicted octanol–water partition coefficient (Wildman–Crippen LogP) is 5.36. The summed E-state index contributed by atoms with van der Waals surface area (Å²) in [6.45, 7) is 0.412. The number of anilines is 1. The zero-order valence-corrected chi connectivity index (χ0v) is 16.5. The van der Waals surface area contributed by atoms with E-state index in [9.17, 15) is 22.4 Å². The van der Waals surface area contributed by atoms with Crippen LogP contribution in [0.25, 0.3) is 11.1 Å². The lowest BCUT2D eigenvalue weighted by Crippen LogP contribution is -2.46. The number of piperidine rings is 1. The highest BCUT2D eigenvalue weighted by molar-refractivity contribution is 6.33. The number of rotatable bonds is 4.